The van der Waals surface area contributed by atoms with Crippen molar-refractivity contribution < 1.29 is 5.11 Å². The molecule has 0 aliphatic carbocycles. The van der Waals surface area contributed by atoms with Gasteiger partial charge in [0.25, 0.3) is 0 Å². The average Bonchev–Trinajstić information content (AvgIpc) is 2.23. The number of aliphatic hydroxyl groups is 1. The van der Waals surface area contributed by atoms with Gasteiger partial charge >= 0.3 is 0 Å². The quantitative estimate of drug-likeness (QED) is 0.848. The van der Waals surface area contributed by atoms with Gasteiger partial charge in [0.15, 0.2) is 0 Å². The fraction of sp³-hybridized carbons (Fsp3) is 0.600. The molecule has 1 heterocycles. The van der Waals surface area contributed by atoms with Crippen molar-refractivity contribution in [3.05, 3.63) is 29.3 Å². The van der Waals surface area contributed by atoms with Crippen LogP contribution in [0.15, 0.2) is 18.2 Å². The third-order valence-corrected chi connectivity index (χ3v) is 3.94. The summed E-state index contributed by atoms with van der Waals surface area (Å²) in [6, 6.07) is 6.49. The van der Waals surface area contributed by atoms with Crippen LogP contribution >= 0.6 is 0 Å². The summed E-state index contributed by atoms with van der Waals surface area (Å²) < 4.78 is 0. The topological polar surface area (TPSA) is 23.5 Å². The van der Waals surface area contributed by atoms with E-state index in [1.807, 2.05) is 0 Å². The molecule has 2 rings (SSSR count). The molecular weight excluding hydrogens is 210 g/mol. The van der Waals surface area contributed by atoms with Crippen LogP contribution in [0.4, 0.5) is 5.69 Å². The second-order valence-electron chi connectivity index (χ2n) is 5.80. The standard InChI is InChI=1S/C15H23NO/c1-11-6-5-7-13-14(11)12(2)10-15(3,4)16(13)8-9-17/h5-7,12,17H,8-10H2,1-4H3. The number of benzene rings is 1. The highest BCUT2D eigenvalue weighted by atomic mass is 16.3. The van der Waals surface area contributed by atoms with Gasteiger partial charge in [-0.15, -0.1) is 0 Å². The molecule has 0 saturated carbocycles. The molecule has 1 aliphatic heterocycles. The highest BCUT2D eigenvalue weighted by Gasteiger charge is 2.36. The summed E-state index contributed by atoms with van der Waals surface area (Å²) in [6.45, 7) is 9.96. The minimum atomic E-state index is 0.128. The zero-order chi connectivity index (χ0) is 12.6. The van der Waals surface area contributed by atoms with Crippen molar-refractivity contribution in [1.82, 2.24) is 0 Å². The van der Waals surface area contributed by atoms with E-state index in [0.29, 0.717) is 5.92 Å². The normalized spacial score (nSPS) is 22.4. The summed E-state index contributed by atoms with van der Waals surface area (Å²) in [7, 11) is 0. The van der Waals surface area contributed by atoms with Gasteiger partial charge in [-0.3, -0.25) is 0 Å². The first-order chi connectivity index (χ1) is 7.97. The Balaban J connectivity index is 2.53. The van der Waals surface area contributed by atoms with Crippen molar-refractivity contribution in [2.75, 3.05) is 18.1 Å². The highest BCUT2D eigenvalue weighted by Crippen LogP contribution is 2.44. The molecule has 0 bridgehead atoms. The molecule has 1 aromatic rings. The van der Waals surface area contributed by atoms with E-state index in [4.69, 9.17) is 0 Å². The van der Waals surface area contributed by atoms with Crippen molar-refractivity contribution in [3.63, 3.8) is 0 Å². The van der Waals surface area contributed by atoms with Crippen LogP contribution in [0, 0.1) is 6.92 Å². The predicted octanol–water partition coefficient (Wildman–Crippen LogP) is 3.08. The van der Waals surface area contributed by atoms with Crippen molar-refractivity contribution >= 4 is 5.69 Å². The summed E-state index contributed by atoms with van der Waals surface area (Å²) in [5, 5.41) is 9.27. The maximum Gasteiger partial charge on any atom is 0.0606 e. The van der Waals surface area contributed by atoms with E-state index in [2.05, 4.69) is 50.8 Å². The smallest absolute Gasteiger partial charge is 0.0606 e. The Labute approximate surface area is 104 Å². The summed E-state index contributed by atoms with van der Waals surface area (Å²) in [5.41, 5.74) is 4.26. The number of nitrogens with zero attached hydrogens (tertiary/aromatic N) is 1. The summed E-state index contributed by atoms with van der Waals surface area (Å²) in [4.78, 5) is 2.36. The monoisotopic (exact) mass is 233 g/mol. The number of anilines is 1. The number of aryl methyl sites for hydroxylation is 1. The number of hydrogen-bond acceptors (Lipinski definition) is 2. The first-order valence-electron chi connectivity index (χ1n) is 6.45. The van der Waals surface area contributed by atoms with Crippen molar-refractivity contribution in [2.24, 2.45) is 0 Å². The maximum absolute atomic E-state index is 9.27. The van der Waals surface area contributed by atoms with Crippen LogP contribution in [0.3, 0.4) is 0 Å². The molecule has 0 radical (unpaired) electrons. The maximum atomic E-state index is 9.27. The number of fused-ring (bicyclic) bond motifs is 1. The number of hydrogen-bond donors (Lipinski definition) is 1. The number of rotatable bonds is 2. The van der Waals surface area contributed by atoms with Gasteiger partial charge in [0.05, 0.1) is 6.61 Å². The zero-order valence-corrected chi connectivity index (χ0v) is 11.3. The lowest BCUT2D eigenvalue weighted by Gasteiger charge is -2.47. The van der Waals surface area contributed by atoms with Crippen LogP contribution in [-0.4, -0.2) is 23.8 Å². The second-order valence-corrected chi connectivity index (χ2v) is 5.80. The van der Waals surface area contributed by atoms with Crippen molar-refractivity contribution in [3.8, 4) is 0 Å². The SMILES string of the molecule is Cc1cccc2c1C(C)CC(C)(C)N2CCO. The van der Waals surface area contributed by atoms with Crippen LogP contribution in [-0.2, 0) is 0 Å². The van der Waals surface area contributed by atoms with Crippen LogP contribution in [0.25, 0.3) is 0 Å². The van der Waals surface area contributed by atoms with Gasteiger partial charge in [-0.2, -0.15) is 0 Å². The first-order valence-corrected chi connectivity index (χ1v) is 6.45. The predicted molar refractivity (Wildman–Crippen MR) is 72.7 cm³/mol. The Kier molecular flexibility index (Phi) is 3.17. The fourth-order valence-electron chi connectivity index (χ4n) is 3.35. The molecule has 0 spiro atoms. The third-order valence-electron chi connectivity index (χ3n) is 3.94. The van der Waals surface area contributed by atoms with Crippen LogP contribution < -0.4 is 4.90 Å². The molecule has 2 nitrogen and oxygen atoms in total. The van der Waals surface area contributed by atoms with Gasteiger partial charge in [0.1, 0.15) is 0 Å². The molecule has 0 saturated heterocycles. The highest BCUT2D eigenvalue weighted by molar-refractivity contribution is 5.62. The van der Waals surface area contributed by atoms with E-state index in [1.165, 1.54) is 16.8 Å². The van der Waals surface area contributed by atoms with Crippen LogP contribution in [0.5, 0.6) is 0 Å². The molecule has 0 amide bonds. The van der Waals surface area contributed by atoms with Gasteiger partial charge in [-0.05, 0) is 50.3 Å². The minimum absolute atomic E-state index is 0.128. The summed E-state index contributed by atoms with van der Waals surface area (Å²) in [6.07, 6.45) is 1.14. The second kappa shape index (κ2) is 4.34. The lowest BCUT2D eigenvalue weighted by atomic mass is 9.78. The van der Waals surface area contributed by atoms with Gasteiger partial charge in [0.2, 0.25) is 0 Å². The number of aliphatic hydroxyl groups excluding tert-OH is 1. The van der Waals surface area contributed by atoms with E-state index in [1.54, 1.807) is 0 Å². The molecule has 0 aromatic heterocycles. The molecular formula is C15H23NO. The molecule has 1 aliphatic rings. The molecule has 17 heavy (non-hydrogen) atoms. The van der Waals surface area contributed by atoms with Gasteiger partial charge in [0, 0.05) is 17.8 Å². The lowest BCUT2D eigenvalue weighted by molar-refractivity contribution is 0.277. The Hall–Kier alpha value is -1.02. The Bertz CT molecular complexity index is 411. The molecule has 1 unspecified atom stereocenters. The minimum Gasteiger partial charge on any atom is -0.395 e. The molecule has 1 N–H and O–H groups in total. The Morgan fingerprint density at radius 3 is 2.76 bits per heavy atom. The van der Waals surface area contributed by atoms with E-state index >= 15 is 0 Å². The molecule has 0 fully saturated rings. The first kappa shape index (κ1) is 12.4. The lowest BCUT2D eigenvalue weighted by Crippen LogP contribution is -2.49. The molecule has 1 aromatic carbocycles. The zero-order valence-electron chi connectivity index (χ0n) is 11.3. The van der Waals surface area contributed by atoms with E-state index < -0.39 is 0 Å². The van der Waals surface area contributed by atoms with Gasteiger partial charge < -0.3 is 10.0 Å². The van der Waals surface area contributed by atoms with E-state index in [-0.39, 0.29) is 12.1 Å². The molecule has 1 atom stereocenters. The molecule has 2 heteroatoms. The Morgan fingerprint density at radius 1 is 1.41 bits per heavy atom. The summed E-state index contributed by atoms with van der Waals surface area (Å²) in [5.74, 6) is 0.594. The van der Waals surface area contributed by atoms with Crippen LogP contribution in [0.1, 0.15) is 44.2 Å². The van der Waals surface area contributed by atoms with Crippen molar-refractivity contribution in [1.29, 1.82) is 0 Å². The van der Waals surface area contributed by atoms with Crippen LogP contribution in [0.2, 0.25) is 0 Å². The summed E-state index contributed by atoms with van der Waals surface area (Å²) >= 11 is 0. The molecule has 94 valence electrons. The average molecular weight is 233 g/mol. The largest absolute Gasteiger partial charge is 0.395 e. The van der Waals surface area contributed by atoms with Gasteiger partial charge in [-0.1, -0.05) is 19.1 Å². The van der Waals surface area contributed by atoms with Gasteiger partial charge in [-0.25, -0.2) is 0 Å². The fourth-order valence-corrected chi connectivity index (χ4v) is 3.35. The van der Waals surface area contributed by atoms with E-state index in [0.717, 1.165) is 13.0 Å². The third kappa shape index (κ3) is 2.06. The van der Waals surface area contributed by atoms with Crippen molar-refractivity contribution in [2.45, 2.75) is 45.6 Å². The Morgan fingerprint density at radius 2 is 2.12 bits per heavy atom. The number of β-amino-alcohol motifs (C(OH)–C–C–N with tert-alkyl or cyclic N) is 1. The van der Waals surface area contributed by atoms with E-state index in [9.17, 15) is 5.11 Å².